The molecule has 0 aromatic heterocycles. The SMILES string of the molecule is CCC(C)[P-]c1ccccc1. The molecule has 0 saturated carbocycles. The van der Waals surface area contributed by atoms with Gasteiger partial charge in [-0.25, -0.2) is 5.30 Å². The van der Waals surface area contributed by atoms with Crippen molar-refractivity contribution in [3.8, 4) is 0 Å². The molecule has 0 bridgehead atoms. The van der Waals surface area contributed by atoms with E-state index in [-0.39, 0.29) is 0 Å². The molecule has 0 fully saturated rings. The quantitative estimate of drug-likeness (QED) is 0.604. The highest BCUT2D eigenvalue weighted by Gasteiger charge is 1.83. The van der Waals surface area contributed by atoms with Crippen molar-refractivity contribution in [3.05, 3.63) is 30.3 Å². The zero-order valence-electron chi connectivity index (χ0n) is 7.12. The molecule has 0 nitrogen and oxygen atoms in total. The van der Waals surface area contributed by atoms with E-state index in [2.05, 4.69) is 44.2 Å². The van der Waals surface area contributed by atoms with Gasteiger partial charge in [-0.15, -0.1) is 0 Å². The molecule has 0 radical (unpaired) electrons. The van der Waals surface area contributed by atoms with E-state index in [4.69, 9.17) is 0 Å². The second-order valence-corrected chi connectivity index (χ2v) is 4.38. The van der Waals surface area contributed by atoms with Crippen LogP contribution in [0.5, 0.6) is 0 Å². The second kappa shape index (κ2) is 4.51. The molecule has 0 saturated heterocycles. The van der Waals surface area contributed by atoms with Crippen LogP contribution in [0.3, 0.4) is 0 Å². The summed E-state index contributed by atoms with van der Waals surface area (Å²) in [6.45, 7) is 4.52. The summed E-state index contributed by atoms with van der Waals surface area (Å²) in [6.07, 6.45) is 1.26. The Hall–Kier alpha value is -0.350. The molecule has 1 aromatic rings. The Morgan fingerprint density at radius 3 is 2.45 bits per heavy atom. The van der Waals surface area contributed by atoms with Gasteiger partial charge in [-0.1, -0.05) is 50.6 Å². The summed E-state index contributed by atoms with van der Waals surface area (Å²) in [5.74, 6) is 0. The molecule has 1 aromatic carbocycles. The first-order chi connectivity index (χ1) is 5.33. The van der Waals surface area contributed by atoms with Crippen LogP contribution in [0.15, 0.2) is 30.3 Å². The van der Waals surface area contributed by atoms with Gasteiger partial charge in [-0.3, -0.25) is 0 Å². The van der Waals surface area contributed by atoms with Crippen LogP contribution < -0.4 is 5.30 Å². The number of benzene rings is 1. The van der Waals surface area contributed by atoms with Crippen LogP contribution in [-0.2, 0) is 0 Å². The van der Waals surface area contributed by atoms with Crippen molar-refractivity contribution in [2.45, 2.75) is 25.9 Å². The molecule has 0 aliphatic carbocycles. The second-order valence-electron chi connectivity index (χ2n) is 2.72. The van der Waals surface area contributed by atoms with Crippen LogP contribution in [0.4, 0.5) is 0 Å². The van der Waals surface area contributed by atoms with E-state index in [1.165, 1.54) is 20.3 Å². The lowest BCUT2D eigenvalue weighted by atomic mass is 10.4. The van der Waals surface area contributed by atoms with Gasteiger partial charge in [0.1, 0.15) is 0 Å². The third-order valence-electron chi connectivity index (χ3n) is 1.72. The molecule has 11 heavy (non-hydrogen) atoms. The molecule has 1 heteroatoms. The zero-order chi connectivity index (χ0) is 8.10. The summed E-state index contributed by atoms with van der Waals surface area (Å²) in [7, 11) is 1.46. The van der Waals surface area contributed by atoms with Crippen molar-refractivity contribution in [2.75, 3.05) is 0 Å². The van der Waals surface area contributed by atoms with E-state index < -0.39 is 0 Å². The standard InChI is InChI=1S/C10H14P/c1-3-9(2)11-10-7-5-4-6-8-10/h4-9H,3H2,1-2H3/q-1. The lowest BCUT2D eigenvalue weighted by Crippen LogP contribution is -1.99. The van der Waals surface area contributed by atoms with Gasteiger partial charge >= 0.3 is 0 Å². The summed E-state index contributed by atoms with van der Waals surface area (Å²) in [5, 5.41) is 1.43. The van der Waals surface area contributed by atoms with Crippen molar-refractivity contribution >= 4 is 13.9 Å². The van der Waals surface area contributed by atoms with Crippen molar-refractivity contribution in [1.82, 2.24) is 0 Å². The van der Waals surface area contributed by atoms with Crippen LogP contribution in [-0.4, -0.2) is 5.66 Å². The third kappa shape index (κ3) is 3.03. The average molecular weight is 165 g/mol. The Balaban J connectivity index is 2.51. The summed E-state index contributed by atoms with van der Waals surface area (Å²) >= 11 is 0. The molecule has 0 N–H and O–H groups in total. The van der Waals surface area contributed by atoms with Gasteiger partial charge < -0.3 is 8.58 Å². The molecule has 1 atom stereocenters. The van der Waals surface area contributed by atoms with Crippen molar-refractivity contribution in [3.63, 3.8) is 0 Å². The highest BCUT2D eigenvalue weighted by Crippen LogP contribution is 2.19. The molecule has 0 heterocycles. The van der Waals surface area contributed by atoms with Gasteiger partial charge in [0.15, 0.2) is 0 Å². The summed E-state index contributed by atoms with van der Waals surface area (Å²) < 4.78 is 0. The minimum atomic E-state index is 0.789. The lowest BCUT2D eigenvalue weighted by Gasteiger charge is -2.25. The predicted molar refractivity (Wildman–Crippen MR) is 52.7 cm³/mol. The molecule has 60 valence electrons. The summed E-state index contributed by atoms with van der Waals surface area (Å²) in [5.41, 5.74) is 0.789. The topological polar surface area (TPSA) is 0 Å². The first-order valence-corrected chi connectivity index (χ1v) is 5.05. The van der Waals surface area contributed by atoms with Gasteiger partial charge in [-0.2, -0.15) is 5.66 Å². The molecular weight excluding hydrogens is 151 g/mol. The molecule has 1 unspecified atom stereocenters. The Kier molecular flexibility index (Phi) is 3.59. The van der Waals surface area contributed by atoms with E-state index in [0.717, 1.165) is 5.66 Å². The van der Waals surface area contributed by atoms with Gasteiger partial charge in [0.25, 0.3) is 0 Å². The van der Waals surface area contributed by atoms with Crippen LogP contribution >= 0.6 is 8.58 Å². The Labute approximate surface area is 70.8 Å². The van der Waals surface area contributed by atoms with Crippen molar-refractivity contribution in [1.29, 1.82) is 0 Å². The number of rotatable bonds is 3. The molecule has 0 aliphatic heterocycles. The maximum Gasteiger partial charge on any atom is -0.0624 e. The number of hydrogen-bond donors (Lipinski definition) is 0. The van der Waals surface area contributed by atoms with E-state index in [9.17, 15) is 0 Å². The average Bonchev–Trinajstić information content (AvgIpc) is 2.06. The smallest absolute Gasteiger partial charge is 0.0624 e. The van der Waals surface area contributed by atoms with Gasteiger partial charge in [0.2, 0.25) is 0 Å². The lowest BCUT2D eigenvalue weighted by molar-refractivity contribution is 0.904. The monoisotopic (exact) mass is 165 g/mol. The number of hydrogen-bond acceptors (Lipinski definition) is 0. The minimum absolute atomic E-state index is 0.789. The molecule has 0 amide bonds. The molecule has 1 rings (SSSR count). The Bertz CT molecular complexity index is 193. The van der Waals surface area contributed by atoms with Gasteiger partial charge in [0, 0.05) is 0 Å². The molecule has 0 aliphatic rings. The van der Waals surface area contributed by atoms with Crippen LogP contribution in [0.1, 0.15) is 20.3 Å². The van der Waals surface area contributed by atoms with Crippen LogP contribution in [0.2, 0.25) is 0 Å². The highest BCUT2D eigenvalue weighted by molar-refractivity contribution is 7.47. The van der Waals surface area contributed by atoms with Crippen molar-refractivity contribution < 1.29 is 0 Å². The first kappa shape index (κ1) is 8.74. The van der Waals surface area contributed by atoms with E-state index >= 15 is 0 Å². The van der Waals surface area contributed by atoms with Gasteiger partial charge in [0.05, 0.1) is 0 Å². The zero-order valence-corrected chi connectivity index (χ0v) is 8.01. The minimum Gasteiger partial charge on any atom is -0.503 e. The van der Waals surface area contributed by atoms with E-state index in [0.29, 0.717) is 0 Å². The normalized spacial score (nSPS) is 14.0. The Morgan fingerprint density at radius 2 is 1.91 bits per heavy atom. The fourth-order valence-electron chi connectivity index (χ4n) is 0.860. The fraction of sp³-hybridized carbons (Fsp3) is 0.400. The highest BCUT2D eigenvalue weighted by atomic mass is 31.1. The molecule has 0 spiro atoms. The van der Waals surface area contributed by atoms with Gasteiger partial charge in [-0.05, 0) is 0 Å². The van der Waals surface area contributed by atoms with Crippen molar-refractivity contribution in [2.24, 2.45) is 0 Å². The predicted octanol–water partition coefficient (Wildman–Crippen LogP) is 3.06. The maximum atomic E-state index is 2.29. The van der Waals surface area contributed by atoms with E-state index in [1.807, 2.05) is 0 Å². The third-order valence-corrected chi connectivity index (χ3v) is 3.12. The molecular formula is C10H14P-. The van der Waals surface area contributed by atoms with E-state index in [1.54, 1.807) is 0 Å². The largest absolute Gasteiger partial charge is 0.503 e. The fourth-order valence-corrected chi connectivity index (χ4v) is 1.90. The Morgan fingerprint density at radius 1 is 1.27 bits per heavy atom. The summed E-state index contributed by atoms with van der Waals surface area (Å²) in [6, 6.07) is 10.6. The van der Waals surface area contributed by atoms with Crippen LogP contribution in [0.25, 0.3) is 0 Å². The maximum absolute atomic E-state index is 2.29. The first-order valence-electron chi connectivity index (χ1n) is 4.09. The van der Waals surface area contributed by atoms with Crippen LogP contribution in [0, 0.1) is 0 Å². The summed E-state index contributed by atoms with van der Waals surface area (Å²) in [4.78, 5) is 0.